The van der Waals surface area contributed by atoms with Crippen molar-refractivity contribution in [1.82, 2.24) is 15.6 Å². The second kappa shape index (κ2) is 8.57. The van der Waals surface area contributed by atoms with E-state index < -0.39 is 0 Å². The highest BCUT2D eigenvalue weighted by Crippen LogP contribution is 2.34. The van der Waals surface area contributed by atoms with Crippen molar-refractivity contribution < 1.29 is 13.9 Å². The van der Waals surface area contributed by atoms with Crippen LogP contribution in [-0.2, 0) is 22.1 Å². The van der Waals surface area contributed by atoms with Gasteiger partial charge in [0.25, 0.3) is 0 Å². The fourth-order valence-corrected chi connectivity index (χ4v) is 4.31. The van der Waals surface area contributed by atoms with Gasteiger partial charge in [-0.2, -0.15) is 0 Å². The van der Waals surface area contributed by atoms with Crippen LogP contribution in [0, 0.1) is 5.82 Å². The van der Waals surface area contributed by atoms with E-state index in [4.69, 9.17) is 4.74 Å². The van der Waals surface area contributed by atoms with E-state index in [1.807, 2.05) is 11.4 Å². The number of nitrogens with one attached hydrogen (secondary N) is 2. The van der Waals surface area contributed by atoms with Crippen LogP contribution in [0.15, 0.2) is 29.6 Å². The molecule has 1 aromatic carbocycles. The lowest BCUT2D eigenvalue weighted by Gasteiger charge is -2.38. The fourth-order valence-electron chi connectivity index (χ4n) is 3.35. The summed E-state index contributed by atoms with van der Waals surface area (Å²) >= 11 is 1.55. The molecule has 2 aromatic rings. The maximum atomic E-state index is 13.7. The van der Waals surface area contributed by atoms with E-state index in [1.165, 1.54) is 6.07 Å². The predicted octanol–water partition coefficient (Wildman–Crippen LogP) is 4.13. The second-order valence-corrected chi connectivity index (χ2v) is 9.26. The van der Waals surface area contributed by atoms with Crippen molar-refractivity contribution in [2.45, 2.75) is 51.0 Å². The van der Waals surface area contributed by atoms with E-state index in [9.17, 15) is 9.18 Å². The van der Waals surface area contributed by atoms with Crippen LogP contribution < -0.4 is 10.6 Å². The van der Waals surface area contributed by atoms with Crippen molar-refractivity contribution in [3.05, 3.63) is 51.7 Å². The zero-order valence-corrected chi connectivity index (χ0v) is 17.5. The van der Waals surface area contributed by atoms with Crippen molar-refractivity contribution in [2.24, 2.45) is 0 Å². The van der Waals surface area contributed by atoms with Crippen LogP contribution in [0.1, 0.15) is 49.9 Å². The molecule has 28 heavy (non-hydrogen) atoms. The first-order chi connectivity index (χ1) is 13.3. The molecule has 1 aromatic heterocycles. The van der Waals surface area contributed by atoms with Gasteiger partial charge in [0.1, 0.15) is 10.8 Å². The summed E-state index contributed by atoms with van der Waals surface area (Å²) in [7, 11) is 0. The SMILES string of the molecule is CC(C)(C)c1csc(CNC(=O)NCC2(c3cccc(F)c3)CCOCC2)n1. The lowest BCUT2D eigenvalue weighted by atomic mass is 9.74. The predicted molar refractivity (Wildman–Crippen MR) is 109 cm³/mol. The summed E-state index contributed by atoms with van der Waals surface area (Å²) in [6.07, 6.45) is 1.50. The van der Waals surface area contributed by atoms with Gasteiger partial charge in [-0.05, 0) is 30.5 Å². The molecule has 0 radical (unpaired) electrons. The molecule has 0 unspecified atom stereocenters. The third kappa shape index (κ3) is 5.08. The van der Waals surface area contributed by atoms with Gasteiger partial charge >= 0.3 is 6.03 Å². The van der Waals surface area contributed by atoms with E-state index in [-0.39, 0.29) is 22.7 Å². The zero-order valence-electron chi connectivity index (χ0n) is 16.7. The number of urea groups is 1. The molecule has 0 aliphatic carbocycles. The topological polar surface area (TPSA) is 63.2 Å². The molecule has 3 rings (SSSR count). The van der Waals surface area contributed by atoms with Crippen molar-refractivity contribution in [3.63, 3.8) is 0 Å². The Morgan fingerprint density at radius 1 is 1.29 bits per heavy atom. The molecule has 0 atom stereocenters. The van der Waals surface area contributed by atoms with E-state index in [0.29, 0.717) is 26.3 Å². The van der Waals surface area contributed by atoms with Gasteiger partial charge in [-0.1, -0.05) is 32.9 Å². The molecule has 2 heterocycles. The van der Waals surface area contributed by atoms with Gasteiger partial charge in [0.05, 0.1) is 12.2 Å². The molecule has 152 valence electrons. The van der Waals surface area contributed by atoms with Crippen molar-refractivity contribution >= 4 is 17.4 Å². The minimum atomic E-state index is -0.307. The molecule has 0 bridgehead atoms. The van der Waals surface area contributed by atoms with Crippen LogP contribution in [0.2, 0.25) is 0 Å². The normalized spacial score (nSPS) is 16.6. The maximum absolute atomic E-state index is 13.7. The van der Waals surface area contributed by atoms with Gasteiger partial charge in [0.2, 0.25) is 0 Å². The third-order valence-corrected chi connectivity index (χ3v) is 6.04. The molecule has 1 fully saturated rings. The highest BCUT2D eigenvalue weighted by molar-refractivity contribution is 7.09. The van der Waals surface area contributed by atoms with Gasteiger partial charge in [0.15, 0.2) is 0 Å². The quantitative estimate of drug-likeness (QED) is 0.786. The summed E-state index contributed by atoms with van der Waals surface area (Å²) in [6, 6.07) is 6.41. The number of benzene rings is 1. The largest absolute Gasteiger partial charge is 0.381 e. The van der Waals surface area contributed by atoms with E-state index >= 15 is 0 Å². The number of carbonyl (C=O) groups is 1. The number of halogens is 1. The first-order valence-electron chi connectivity index (χ1n) is 9.59. The minimum Gasteiger partial charge on any atom is -0.381 e. The molecular formula is C21H28FN3O2S. The highest BCUT2D eigenvalue weighted by atomic mass is 32.1. The molecule has 1 aliphatic heterocycles. The summed E-state index contributed by atoms with van der Waals surface area (Å²) in [5, 5.41) is 8.76. The van der Waals surface area contributed by atoms with E-state index in [1.54, 1.807) is 23.5 Å². The standard InChI is InChI=1S/C21H28FN3O2S/c1-20(2,3)17-13-28-18(25-17)12-23-19(26)24-14-21(7-9-27-10-8-21)15-5-4-6-16(22)11-15/h4-6,11,13H,7-10,12,14H2,1-3H3,(H2,23,24,26). The summed E-state index contributed by atoms with van der Waals surface area (Å²) in [5.41, 5.74) is 1.63. The van der Waals surface area contributed by atoms with Crippen LogP contribution in [0.3, 0.4) is 0 Å². The third-order valence-electron chi connectivity index (χ3n) is 5.19. The van der Waals surface area contributed by atoms with Crippen LogP contribution in [0.5, 0.6) is 0 Å². The molecule has 2 N–H and O–H groups in total. The Morgan fingerprint density at radius 3 is 2.68 bits per heavy atom. The summed E-state index contributed by atoms with van der Waals surface area (Å²) in [4.78, 5) is 16.9. The van der Waals surface area contributed by atoms with Gasteiger partial charge in [0, 0.05) is 36.0 Å². The average Bonchev–Trinajstić information content (AvgIpc) is 3.15. The van der Waals surface area contributed by atoms with E-state index in [2.05, 4.69) is 36.4 Å². The molecule has 7 heteroatoms. The van der Waals surface area contributed by atoms with Crippen molar-refractivity contribution in [2.75, 3.05) is 19.8 Å². The van der Waals surface area contributed by atoms with Crippen LogP contribution in [0.4, 0.5) is 9.18 Å². The van der Waals surface area contributed by atoms with Crippen LogP contribution in [-0.4, -0.2) is 30.8 Å². The second-order valence-electron chi connectivity index (χ2n) is 8.32. The Bertz CT molecular complexity index is 810. The molecule has 5 nitrogen and oxygen atoms in total. The van der Waals surface area contributed by atoms with Gasteiger partial charge in [-0.25, -0.2) is 14.2 Å². The first kappa shape index (κ1) is 20.7. The number of carbonyl (C=O) groups excluding carboxylic acids is 1. The lowest BCUT2D eigenvalue weighted by molar-refractivity contribution is 0.0506. The highest BCUT2D eigenvalue weighted by Gasteiger charge is 2.35. The molecule has 2 amide bonds. The number of hydrogen-bond acceptors (Lipinski definition) is 4. The average molecular weight is 406 g/mol. The number of aromatic nitrogens is 1. The first-order valence-corrected chi connectivity index (χ1v) is 10.5. The summed E-state index contributed by atoms with van der Waals surface area (Å²) in [5.74, 6) is -0.258. The monoisotopic (exact) mass is 405 g/mol. The van der Waals surface area contributed by atoms with Crippen LogP contribution in [0.25, 0.3) is 0 Å². The summed E-state index contributed by atoms with van der Waals surface area (Å²) < 4.78 is 19.2. The number of thiazole rings is 1. The number of hydrogen-bond donors (Lipinski definition) is 2. The molecule has 0 saturated carbocycles. The summed E-state index contributed by atoms with van der Waals surface area (Å²) in [6.45, 7) is 8.39. The molecule has 1 saturated heterocycles. The van der Waals surface area contributed by atoms with Crippen molar-refractivity contribution in [1.29, 1.82) is 0 Å². The maximum Gasteiger partial charge on any atom is 0.315 e. The number of rotatable bonds is 5. The van der Waals surface area contributed by atoms with Gasteiger partial charge in [-0.15, -0.1) is 11.3 Å². The Morgan fingerprint density at radius 2 is 2.04 bits per heavy atom. The van der Waals surface area contributed by atoms with Gasteiger partial charge < -0.3 is 15.4 Å². The molecular weight excluding hydrogens is 377 g/mol. The number of nitrogens with zero attached hydrogens (tertiary/aromatic N) is 1. The molecule has 0 spiro atoms. The Kier molecular flexibility index (Phi) is 6.35. The zero-order chi connectivity index (χ0) is 20.2. The number of amides is 2. The smallest absolute Gasteiger partial charge is 0.315 e. The minimum absolute atomic E-state index is 0.00258. The van der Waals surface area contributed by atoms with Crippen molar-refractivity contribution in [3.8, 4) is 0 Å². The number of ether oxygens (including phenoxy) is 1. The Labute approximate surface area is 169 Å². The Balaban J connectivity index is 1.59. The van der Waals surface area contributed by atoms with Crippen LogP contribution >= 0.6 is 11.3 Å². The lowest BCUT2D eigenvalue weighted by Crippen LogP contribution is -2.47. The Hall–Kier alpha value is -1.99. The fraction of sp³-hybridized carbons (Fsp3) is 0.524. The van der Waals surface area contributed by atoms with Gasteiger partial charge in [-0.3, -0.25) is 0 Å². The van der Waals surface area contributed by atoms with E-state index in [0.717, 1.165) is 29.1 Å². The molecule has 1 aliphatic rings.